The lowest BCUT2D eigenvalue weighted by atomic mass is 9.92. The summed E-state index contributed by atoms with van der Waals surface area (Å²) >= 11 is 0. The maximum Gasteiger partial charge on any atom is 0.404 e. The van der Waals surface area contributed by atoms with Crippen molar-refractivity contribution < 1.29 is 45.8 Å². The molecule has 0 aliphatic heterocycles. The van der Waals surface area contributed by atoms with Crippen LogP contribution in [0.1, 0.15) is 13.8 Å². The van der Waals surface area contributed by atoms with Gasteiger partial charge in [-0.2, -0.15) is 26.3 Å². The SMILES string of the molecule is CC(C)C(OC(=O)/C=C\C(=O)O)C(C(F)(F)F)C(F)(F)F. The largest absolute Gasteiger partial charge is 0.478 e. The number of esters is 1. The number of ether oxygens (including phenoxy) is 1. The van der Waals surface area contributed by atoms with E-state index in [1.165, 1.54) is 0 Å². The number of halogens is 6. The normalized spacial score (nSPS) is 14.8. The topological polar surface area (TPSA) is 63.6 Å². The highest BCUT2D eigenvalue weighted by molar-refractivity contribution is 5.90. The third-order valence-electron chi connectivity index (χ3n) is 2.31. The molecule has 0 aliphatic rings. The first-order valence-corrected chi connectivity index (χ1v) is 5.51. The quantitative estimate of drug-likeness (QED) is 0.480. The number of alkyl halides is 6. The number of carbonyl (C=O) groups excluding carboxylic acids is 1. The number of rotatable bonds is 5. The molecule has 0 spiro atoms. The van der Waals surface area contributed by atoms with Gasteiger partial charge in [0.2, 0.25) is 0 Å². The lowest BCUT2D eigenvalue weighted by molar-refractivity contribution is -0.311. The van der Waals surface area contributed by atoms with Gasteiger partial charge in [0.05, 0.1) is 0 Å². The molecule has 0 rings (SSSR count). The van der Waals surface area contributed by atoms with Gasteiger partial charge in [0.15, 0.2) is 5.92 Å². The highest BCUT2D eigenvalue weighted by Gasteiger charge is 2.62. The van der Waals surface area contributed by atoms with Crippen LogP contribution in [-0.2, 0) is 14.3 Å². The van der Waals surface area contributed by atoms with E-state index in [9.17, 15) is 35.9 Å². The van der Waals surface area contributed by atoms with Crippen LogP contribution >= 0.6 is 0 Å². The highest BCUT2D eigenvalue weighted by atomic mass is 19.4. The number of carboxylic acids is 1. The average molecular weight is 322 g/mol. The molecule has 21 heavy (non-hydrogen) atoms. The molecule has 1 unspecified atom stereocenters. The van der Waals surface area contributed by atoms with E-state index in [-0.39, 0.29) is 12.2 Å². The fourth-order valence-electron chi connectivity index (χ4n) is 1.46. The predicted octanol–water partition coefficient (Wildman–Crippen LogP) is 2.94. The fraction of sp³-hybridized carbons (Fsp3) is 0.636. The minimum atomic E-state index is -5.66. The summed E-state index contributed by atoms with van der Waals surface area (Å²) in [5, 5.41) is 8.22. The van der Waals surface area contributed by atoms with E-state index in [2.05, 4.69) is 4.74 Å². The number of carboxylic acid groups (broad SMARTS) is 1. The summed E-state index contributed by atoms with van der Waals surface area (Å²) in [6, 6.07) is 0. The summed E-state index contributed by atoms with van der Waals surface area (Å²) in [4.78, 5) is 21.2. The van der Waals surface area contributed by atoms with Crippen molar-refractivity contribution >= 4 is 11.9 Å². The van der Waals surface area contributed by atoms with Crippen molar-refractivity contribution in [2.24, 2.45) is 11.8 Å². The third-order valence-corrected chi connectivity index (χ3v) is 2.31. The standard InChI is InChI=1S/C11H12F6O4/c1-5(2)8(21-7(20)4-3-6(18)19)9(10(12,13)14)11(15,16)17/h3-5,8-9H,1-2H3,(H,18,19)/b4-3-. The van der Waals surface area contributed by atoms with Crippen molar-refractivity contribution in [1.29, 1.82) is 0 Å². The van der Waals surface area contributed by atoms with E-state index in [0.717, 1.165) is 13.8 Å². The Labute approximate surface area is 115 Å². The molecule has 1 N–H and O–H groups in total. The maximum absolute atomic E-state index is 12.6. The van der Waals surface area contributed by atoms with Crippen molar-refractivity contribution in [3.05, 3.63) is 12.2 Å². The van der Waals surface area contributed by atoms with Crippen molar-refractivity contribution in [3.8, 4) is 0 Å². The second-order valence-electron chi connectivity index (χ2n) is 4.38. The van der Waals surface area contributed by atoms with Gasteiger partial charge in [-0.1, -0.05) is 13.8 Å². The van der Waals surface area contributed by atoms with Crippen molar-refractivity contribution in [2.75, 3.05) is 0 Å². The van der Waals surface area contributed by atoms with Gasteiger partial charge in [-0.05, 0) is 5.92 Å². The molecule has 0 radical (unpaired) electrons. The van der Waals surface area contributed by atoms with Crippen LogP contribution in [0.4, 0.5) is 26.3 Å². The monoisotopic (exact) mass is 322 g/mol. The van der Waals surface area contributed by atoms with E-state index in [1.54, 1.807) is 0 Å². The van der Waals surface area contributed by atoms with Crippen LogP contribution in [0, 0.1) is 11.8 Å². The summed E-state index contributed by atoms with van der Waals surface area (Å²) in [6.45, 7) is 2.03. The van der Waals surface area contributed by atoms with Crippen molar-refractivity contribution in [1.82, 2.24) is 0 Å². The second-order valence-corrected chi connectivity index (χ2v) is 4.38. The molecule has 0 bridgehead atoms. The van der Waals surface area contributed by atoms with Gasteiger partial charge < -0.3 is 9.84 Å². The molecule has 0 aromatic carbocycles. The molecule has 0 aliphatic carbocycles. The van der Waals surface area contributed by atoms with Crippen LogP contribution in [0.15, 0.2) is 12.2 Å². The Hall–Kier alpha value is -1.74. The van der Waals surface area contributed by atoms with Gasteiger partial charge in [-0.25, -0.2) is 9.59 Å². The number of hydrogen-bond donors (Lipinski definition) is 1. The number of hydrogen-bond acceptors (Lipinski definition) is 3. The molecular weight excluding hydrogens is 310 g/mol. The first-order valence-electron chi connectivity index (χ1n) is 5.51. The molecule has 0 saturated heterocycles. The smallest absolute Gasteiger partial charge is 0.404 e. The van der Waals surface area contributed by atoms with E-state index >= 15 is 0 Å². The number of aliphatic carboxylic acids is 1. The summed E-state index contributed by atoms with van der Waals surface area (Å²) < 4.78 is 79.6. The fourth-order valence-corrected chi connectivity index (χ4v) is 1.46. The van der Waals surface area contributed by atoms with Gasteiger partial charge >= 0.3 is 24.3 Å². The Morgan fingerprint density at radius 1 is 1.00 bits per heavy atom. The van der Waals surface area contributed by atoms with Gasteiger partial charge in [0.1, 0.15) is 6.10 Å². The third kappa shape index (κ3) is 6.50. The van der Waals surface area contributed by atoms with Crippen LogP contribution in [0.5, 0.6) is 0 Å². The zero-order valence-corrected chi connectivity index (χ0v) is 10.8. The predicted molar refractivity (Wildman–Crippen MR) is 57.1 cm³/mol. The number of carbonyl (C=O) groups is 2. The van der Waals surface area contributed by atoms with Crippen LogP contribution in [0.3, 0.4) is 0 Å². The molecule has 0 saturated carbocycles. The van der Waals surface area contributed by atoms with E-state index in [4.69, 9.17) is 5.11 Å². The second kappa shape index (κ2) is 6.81. The summed E-state index contributed by atoms with van der Waals surface area (Å²) in [5.41, 5.74) is 0. The van der Waals surface area contributed by atoms with E-state index < -0.39 is 42.2 Å². The van der Waals surface area contributed by atoms with Crippen molar-refractivity contribution in [2.45, 2.75) is 32.3 Å². The minimum absolute atomic E-state index is 0.238. The Kier molecular flexibility index (Phi) is 6.25. The Morgan fingerprint density at radius 3 is 1.71 bits per heavy atom. The van der Waals surface area contributed by atoms with Crippen LogP contribution < -0.4 is 0 Å². The lowest BCUT2D eigenvalue weighted by Crippen LogP contribution is -2.48. The average Bonchev–Trinajstić information content (AvgIpc) is 2.21. The first-order chi connectivity index (χ1) is 9.26. The van der Waals surface area contributed by atoms with E-state index in [1.807, 2.05) is 0 Å². The van der Waals surface area contributed by atoms with Crippen LogP contribution in [0.2, 0.25) is 0 Å². The Morgan fingerprint density at radius 2 is 1.43 bits per heavy atom. The van der Waals surface area contributed by atoms with E-state index in [0.29, 0.717) is 0 Å². The van der Waals surface area contributed by atoms with Gasteiger partial charge in [0, 0.05) is 12.2 Å². The molecule has 122 valence electrons. The van der Waals surface area contributed by atoms with Crippen molar-refractivity contribution in [3.63, 3.8) is 0 Å². The highest BCUT2D eigenvalue weighted by Crippen LogP contribution is 2.44. The van der Waals surface area contributed by atoms with Crippen LogP contribution in [0.25, 0.3) is 0 Å². The molecule has 1 atom stereocenters. The first kappa shape index (κ1) is 19.3. The Bertz CT molecular complexity index is 396. The van der Waals surface area contributed by atoms with Gasteiger partial charge in [-0.3, -0.25) is 0 Å². The zero-order valence-electron chi connectivity index (χ0n) is 10.8. The molecule has 0 aromatic heterocycles. The summed E-state index contributed by atoms with van der Waals surface area (Å²) in [7, 11) is 0. The summed E-state index contributed by atoms with van der Waals surface area (Å²) in [6.07, 6.45) is -13.4. The molecule has 0 amide bonds. The zero-order chi connectivity index (χ0) is 17.0. The Balaban J connectivity index is 5.37. The molecule has 0 heterocycles. The van der Waals surface area contributed by atoms with Gasteiger partial charge in [-0.15, -0.1) is 0 Å². The molecular formula is C11H12F6O4. The minimum Gasteiger partial charge on any atom is -0.478 e. The van der Waals surface area contributed by atoms with Crippen LogP contribution in [-0.4, -0.2) is 35.5 Å². The molecule has 0 aromatic rings. The molecule has 4 nitrogen and oxygen atoms in total. The van der Waals surface area contributed by atoms with Gasteiger partial charge in [0.25, 0.3) is 0 Å². The maximum atomic E-state index is 12.6. The summed E-state index contributed by atoms with van der Waals surface area (Å²) in [5.74, 6) is -8.35. The molecule has 10 heteroatoms. The molecule has 0 fully saturated rings. The lowest BCUT2D eigenvalue weighted by Gasteiger charge is -2.32.